The van der Waals surface area contributed by atoms with Crippen molar-refractivity contribution in [3.8, 4) is 0 Å². The van der Waals surface area contributed by atoms with Crippen LogP contribution in [0, 0.1) is 17.4 Å². The van der Waals surface area contributed by atoms with Gasteiger partial charge in [0.1, 0.15) is 0 Å². The Morgan fingerprint density at radius 3 is 2.64 bits per heavy atom. The number of benzene rings is 1. The van der Waals surface area contributed by atoms with Gasteiger partial charge < -0.3 is 5.73 Å². The third kappa shape index (κ3) is 2.00. The molecule has 1 aromatic carbocycles. The first-order valence-corrected chi connectivity index (χ1v) is 5.23. The van der Waals surface area contributed by atoms with Crippen LogP contribution in [0.1, 0.15) is 16.7 Å². The quantitative estimate of drug-likeness (QED) is 0.387. The molecule has 1 aromatic rings. The van der Waals surface area contributed by atoms with Gasteiger partial charge in [-0.3, -0.25) is 0 Å². The Hall–Kier alpha value is -0.780. The van der Waals surface area contributed by atoms with Crippen LogP contribution in [0.15, 0.2) is 11.2 Å². The van der Waals surface area contributed by atoms with Crippen LogP contribution in [0.3, 0.4) is 0 Å². The van der Waals surface area contributed by atoms with Gasteiger partial charge in [-0.05, 0) is 64.7 Å². The predicted octanol–water partition coefficient (Wildman–Crippen LogP) is 3.31. The second-order valence-corrected chi connectivity index (χ2v) is 4.09. The maximum Gasteiger partial charge on any atom is 0.0418 e. The molecule has 0 unspecified atom stereocenters. The van der Waals surface area contributed by atoms with E-state index in [2.05, 4.69) is 32.6 Å². The molecule has 0 aromatic heterocycles. The van der Waals surface area contributed by atoms with E-state index < -0.39 is 0 Å². The standard InChI is InChI=1S/C9H11IN4/c1-5-7(4-11)3-8(13-14-12)6(2)9(5)10/h3H,4,11H2,1-2H3. The summed E-state index contributed by atoms with van der Waals surface area (Å²) in [5.41, 5.74) is 17.9. The molecule has 2 N–H and O–H groups in total. The van der Waals surface area contributed by atoms with Crippen molar-refractivity contribution >= 4 is 28.3 Å². The van der Waals surface area contributed by atoms with Crippen LogP contribution in [0.4, 0.5) is 5.69 Å². The minimum Gasteiger partial charge on any atom is -0.326 e. The van der Waals surface area contributed by atoms with E-state index in [-0.39, 0.29) is 0 Å². The normalized spacial score (nSPS) is 9.71. The zero-order valence-corrected chi connectivity index (χ0v) is 10.2. The summed E-state index contributed by atoms with van der Waals surface area (Å²) in [6.45, 7) is 4.44. The summed E-state index contributed by atoms with van der Waals surface area (Å²) in [5.74, 6) is 0. The first-order valence-electron chi connectivity index (χ1n) is 4.15. The Morgan fingerprint density at radius 1 is 1.50 bits per heavy atom. The van der Waals surface area contributed by atoms with Gasteiger partial charge >= 0.3 is 0 Å². The van der Waals surface area contributed by atoms with E-state index >= 15 is 0 Å². The Labute approximate surface area is 96.3 Å². The maximum absolute atomic E-state index is 8.39. The molecule has 0 aliphatic carbocycles. The van der Waals surface area contributed by atoms with Gasteiger partial charge in [-0.25, -0.2) is 0 Å². The van der Waals surface area contributed by atoms with Crippen molar-refractivity contribution in [1.82, 2.24) is 0 Å². The van der Waals surface area contributed by atoms with Gasteiger partial charge in [0.05, 0.1) is 0 Å². The van der Waals surface area contributed by atoms with Crippen molar-refractivity contribution < 1.29 is 0 Å². The highest BCUT2D eigenvalue weighted by molar-refractivity contribution is 14.1. The van der Waals surface area contributed by atoms with E-state index in [0.717, 1.165) is 14.7 Å². The lowest BCUT2D eigenvalue weighted by atomic mass is 10.0. The van der Waals surface area contributed by atoms with Gasteiger partial charge in [-0.2, -0.15) is 0 Å². The molecule has 0 fully saturated rings. The molecule has 0 aliphatic rings. The lowest BCUT2D eigenvalue weighted by molar-refractivity contribution is 1.04. The van der Waals surface area contributed by atoms with E-state index in [1.807, 2.05) is 19.9 Å². The highest BCUT2D eigenvalue weighted by atomic mass is 127. The molecule has 74 valence electrons. The van der Waals surface area contributed by atoms with E-state index in [4.69, 9.17) is 11.3 Å². The van der Waals surface area contributed by atoms with Gasteiger partial charge in [0.25, 0.3) is 0 Å². The van der Waals surface area contributed by atoms with Gasteiger partial charge in [-0.1, -0.05) is 5.11 Å². The number of nitrogens with zero attached hydrogens (tertiary/aromatic N) is 3. The smallest absolute Gasteiger partial charge is 0.0418 e. The lowest BCUT2D eigenvalue weighted by Crippen LogP contribution is -2.01. The van der Waals surface area contributed by atoms with E-state index in [1.54, 1.807) is 0 Å². The minimum atomic E-state index is 0.468. The molecular weight excluding hydrogens is 291 g/mol. The fourth-order valence-corrected chi connectivity index (χ4v) is 1.90. The SMILES string of the molecule is Cc1c(CN)cc(N=[N+]=[N-])c(C)c1I. The third-order valence-electron chi connectivity index (χ3n) is 2.21. The van der Waals surface area contributed by atoms with Crippen molar-refractivity contribution in [3.05, 3.63) is 36.8 Å². The van der Waals surface area contributed by atoms with Crippen LogP contribution in [0.2, 0.25) is 0 Å². The first-order chi connectivity index (χ1) is 6.61. The van der Waals surface area contributed by atoms with Gasteiger partial charge in [0, 0.05) is 20.7 Å². The monoisotopic (exact) mass is 302 g/mol. The van der Waals surface area contributed by atoms with Gasteiger partial charge in [-0.15, -0.1) is 0 Å². The Balaban J connectivity index is 3.47. The molecular formula is C9H11IN4. The number of rotatable bonds is 2. The Morgan fingerprint density at radius 2 is 2.14 bits per heavy atom. The van der Waals surface area contributed by atoms with Crippen molar-refractivity contribution in [3.63, 3.8) is 0 Å². The number of azide groups is 1. The average molecular weight is 302 g/mol. The highest BCUT2D eigenvalue weighted by Gasteiger charge is 2.08. The number of nitrogens with two attached hydrogens (primary N) is 1. The molecule has 0 spiro atoms. The number of hydrogen-bond acceptors (Lipinski definition) is 2. The molecule has 14 heavy (non-hydrogen) atoms. The van der Waals surface area contributed by atoms with Crippen molar-refractivity contribution in [2.24, 2.45) is 10.8 Å². The predicted molar refractivity (Wildman–Crippen MR) is 65.3 cm³/mol. The van der Waals surface area contributed by atoms with Crippen molar-refractivity contribution in [2.75, 3.05) is 0 Å². The minimum absolute atomic E-state index is 0.468. The molecule has 1 rings (SSSR count). The summed E-state index contributed by atoms with van der Waals surface area (Å²) in [6, 6.07) is 1.85. The van der Waals surface area contributed by atoms with E-state index in [9.17, 15) is 0 Å². The van der Waals surface area contributed by atoms with Crippen LogP contribution in [-0.2, 0) is 6.54 Å². The van der Waals surface area contributed by atoms with Crippen LogP contribution in [-0.4, -0.2) is 0 Å². The second-order valence-electron chi connectivity index (χ2n) is 3.01. The molecule has 5 heteroatoms. The summed E-state index contributed by atoms with van der Waals surface area (Å²) in [5, 5.41) is 3.64. The fraction of sp³-hybridized carbons (Fsp3) is 0.333. The second kappa shape index (κ2) is 4.63. The van der Waals surface area contributed by atoms with Gasteiger partial charge in [0.2, 0.25) is 0 Å². The molecule has 0 aliphatic heterocycles. The summed E-state index contributed by atoms with van der Waals surface area (Å²) < 4.78 is 1.12. The van der Waals surface area contributed by atoms with Crippen LogP contribution < -0.4 is 5.73 Å². The summed E-state index contributed by atoms with van der Waals surface area (Å²) in [6.07, 6.45) is 0. The summed E-state index contributed by atoms with van der Waals surface area (Å²) in [7, 11) is 0. The van der Waals surface area contributed by atoms with Crippen LogP contribution in [0.5, 0.6) is 0 Å². The molecule has 0 atom stereocenters. The van der Waals surface area contributed by atoms with Crippen LogP contribution >= 0.6 is 22.6 Å². The Kier molecular flexibility index (Phi) is 3.74. The van der Waals surface area contributed by atoms with Gasteiger partial charge in [0.15, 0.2) is 0 Å². The molecule has 0 radical (unpaired) electrons. The van der Waals surface area contributed by atoms with E-state index in [0.29, 0.717) is 12.2 Å². The maximum atomic E-state index is 8.39. The molecule has 0 bridgehead atoms. The highest BCUT2D eigenvalue weighted by Crippen LogP contribution is 2.29. The zero-order chi connectivity index (χ0) is 10.7. The molecule has 0 saturated heterocycles. The van der Waals surface area contributed by atoms with Crippen LogP contribution in [0.25, 0.3) is 10.4 Å². The average Bonchev–Trinajstić information content (AvgIpc) is 2.19. The van der Waals surface area contributed by atoms with E-state index in [1.165, 1.54) is 5.56 Å². The summed E-state index contributed by atoms with van der Waals surface area (Å²) >= 11 is 2.24. The number of halogens is 1. The molecule has 0 saturated carbocycles. The third-order valence-corrected chi connectivity index (χ3v) is 3.83. The van der Waals surface area contributed by atoms with Crippen molar-refractivity contribution in [1.29, 1.82) is 0 Å². The molecule has 0 heterocycles. The van der Waals surface area contributed by atoms with Crippen molar-refractivity contribution in [2.45, 2.75) is 20.4 Å². The fourth-order valence-electron chi connectivity index (χ4n) is 1.28. The lowest BCUT2D eigenvalue weighted by Gasteiger charge is -2.10. The topological polar surface area (TPSA) is 74.8 Å². The first kappa shape index (κ1) is 11.3. The molecule has 4 nitrogen and oxygen atoms in total. The Bertz CT molecular complexity index is 408. The largest absolute Gasteiger partial charge is 0.326 e. The number of hydrogen-bond donors (Lipinski definition) is 1. The summed E-state index contributed by atoms with van der Waals surface area (Å²) in [4.78, 5) is 2.79. The zero-order valence-electron chi connectivity index (χ0n) is 8.08. The molecule has 0 amide bonds.